The Bertz CT molecular complexity index is 451. The van der Waals surface area contributed by atoms with Crippen LogP contribution < -0.4 is 9.47 Å². The molecule has 0 spiro atoms. The van der Waals surface area contributed by atoms with Gasteiger partial charge in [-0.15, -0.1) is 0 Å². The molecule has 0 saturated heterocycles. The van der Waals surface area contributed by atoms with E-state index >= 15 is 0 Å². The topological polar surface area (TPSA) is 47.9 Å². The Balaban J connectivity index is 1.94. The van der Waals surface area contributed by atoms with Gasteiger partial charge in [0.2, 0.25) is 0 Å². The van der Waals surface area contributed by atoms with E-state index in [1.165, 1.54) is 0 Å². The quantitative estimate of drug-likeness (QED) is 0.883. The van der Waals surface area contributed by atoms with Crippen molar-refractivity contribution in [1.82, 2.24) is 0 Å². The number of hydrogen-bond acceptors (Lipinski definition) is 4. The second-order valence-electron chi connectivity index (χ2n) is 5.07. The molecule has 0 aromatic heterocycles. The first kappa shape index (κ1) is 11.8. The highest BCUT2D eigenvalue weighted by Gasteiger charge is 2.41. The average molecular weight is 250 g/mol. The number of benzene rings is 1. The summed E-state index contributed by atoms with van der Waals surface area (Å²) in [4.78, 5) is 0. The van der Waals surface area contributed by atoms with E-state index in [4.69, 9.17) is 14.2 Å². The molecule has 4 nitrogen and oxygen atoms in total. The van der Waals surface area contributed by atoms with Gasteiger partial charge in [-0.25, -0.2) is 0 Å². The van der Waals surface area contributed by atoms with Gasteiger partial charge in [0.15, 0.2) is 11.5 Å². The van der Waals surface area contributed by atoms with Gasteiger partial charge in [-0.3, -0.25) is 0 Å². The molecular weight excluding hydrogens is 232 g/mol. The van der Waals surface area contributed by atoms with Gasteiger partial charge in [-0.05, 0) is 12.8 Å². The Morgan fingerprint density at radius 2 is 1.78 bits per heavy atom. The van der Waals surface area contributed by atoms with Crippen LogP contribution in [-0.2, 0) is 17.8 Å². The fourth-order valence-electron chi connectivity index (χ4n) is 2.33. The first-order chi connectivity index (χ1) is 8.72. The van der Waals surface area contributed by atoms with E-state index in [0.717, 1.165) is 35.5 Å². The zero-order valence-electron chi connectivity index (χ0n) is 10.6. The Morgan fingerprint density at radius 1 is 1.17 bits per heavy atom. The van der Waals surface area contributed by atoms with Crippen LogP contribution in [-0.4, -0.2) is 31.0 Å². The van der Waals surface area contributed by atoms with Crippen LogP contribution in [0.4, 0.5) is 0 Å². The smallest absolute Gasteiger partial charge is 0.167 e. The van der Waals surface area contributed by atoms with Crippen molar-refractivity contribution < 1.29 is 19.3 Å². The van der Waals surface area contributed by atoms with Crippen molar-refractivity contribution in [1.29, 1.82) is 0 Å². The maximum atomic E-state index is 10.0. The molecule has 1 aromatic rings. The van der Waals surface area contributed by atoms with Crippen LogP contribution in [0.3, 0.4) is 0 Å². The highest BCUT2D eigenvalue weighted by atomic mass is 16.6. The average Bonchev–Trinajstić information content (AvgIpc) is 3.11. The minimum Gasteiger partial charge on any atom is -0.486 e. The molecule has 18 heavy (non-hydrogen) atoms. The standard InChI is InChI=1S/C14H18O4/c1-16-9-11-3-2-10(8-14(15)4-5-14)12-13(11)18-7-6-17-12/h2-3,15H,4-9H2,1H3. The molecule has 0 amide bonds. The Kier molecular flexibility index (Phi) is 2.92. The van der Waals surface area contributed by atoms with Gasteiger partial charge in [-0.1, -0.05) is 12.1 Å². The Labute approximate surface area is 106 Å². The molecule has 2 aliphatic rings. The van der Waals surface area contributed by atoms with Crippen LogP contribution in [0.5, 0.6) is 11.5 Å². The zero-order valence-corrected chi connectivity index (χ0v) is 10.6. The number of aliphatic hydroxyl groups is 1. The molecule has 1 N–H and O–H groups in total. The van der Waals surface area contributed by atoms with Crippen LogP contribution >= 0.6 is 0 Å². The Morgan fingerprint density at radius 3 is 2.39 bits per heavy atom. The molecule has 4 heteroatoms. The van der Waals surface area contributed by atoms with Crippen molar-refractivity contribution >= 4 is 0 Å². The summed E-state index contributed by atoms with van der Waals surface area (Å²) in [6, 6.07) is 4.01. The summed E-state index contributed by atoms with van der Waals surface area (Å²) < 4.78 is 16.6. The molecule has 1 aliphatic heterocycles. The fraction of sp³-hybridized carbons (Fsp3) is 0.571. The van der Waals surface area contributed by atoms with Crippen molar-refractivity contribution in [3.63, 3.8) is 0 Å². The van der Waals surface area contributed by atoms with Crippen molar-refractivity contribution in [3.05, 3.63) is 23.3 Å². The number of hydrogen-bond donors (Lipinski definition) is 1. The lowest BCUT2D eigenvalue weighted by Gasteiger charge is -2.24. The first-order valence-corrected chi connectivity index (χ1v) is 6.33. The van der Waals surface area contributed by atoms with E-state index in [0.29, 0.717) is 26.2 Å². The fourth-order valence-corrected chi connectivity index (χ4v) is 2.33. The summed E-state index contributed by atoms with van der Waals surface area (Å²) in [6.07, 6.45) is 2.40. The lowest BCUT2D eigenvalue weighted by atomic mass is 10.0. The molecule has 1 saturated carbocycles. The van der Waals surface area contributed by atoms with Gasteiger partial charge in [0.05, 0.1) is 12.2 Å². The van der Waals surface area contributed by atoms with E-state index in [9.17, 15) is 5.11 Å². The highest BCUT2D eigenvalue weighted by molar-refractivity contribution is 5.53. The van der Waals surface area contributed by atoms with E-state index < -0.39 is 5.60 Å². The third kappa shape index (κ3) is 2.18. The van der Waals surface area contributed by atoms with E-state index in [1.807, 2.05) is 12.1 Å². The SMILES string of the molecule is COCc1ccc(CC2(O)CC2)c2c1OCCO2. The minimum atomic E-state index is -0.517. The van der Waals surface area contributed by atoms with Gasteiger partial charge in [0.1, 0.15) is 13.2 Å². The molecule has 0 radical (unpaired) electrons. The molecule has 98 valence electrons. The van der Waals surface area contributed by atoms with Gasteiger partial charge in [0, 0.05) is 24.7 Å². The number of ether oxygens (including phenoxy) is 3. The summed E-state index contributed by atoms with van der Waals surface area (Å²) >= 11 is 0. The van der Waals surface area contributed by atoms with Gasteiger partial charge < -0.3 is 19.3 Å². The molecule has 3 rings (SSSR count). The summed E-state index contributed by atoms with van der Waals surface area (Å²) in [5.74, 6) is 1.57. The van der Waals surface area contributed by atoms with Crippen molar-refractivity contribution in [2.24, 2.45) is 0 Å². The normalized spacial score (nSPS) is 19.7. The van der Waals surface area contributed by atoms with Gasteiger partial charge >= 0.3 is 0 Å². The molecule has 1 heterocycles. The summed E-state index contributed by atoms with van der Waals surface area (Å²) in [7, 11) is 1.66. The number of rotatable bonds is 4. The third-order valence-electron chi connectivity index (χ3n) is 3.50. The molecule has 1 aliphatic carbocycles. The lowest BCUT2D eigenvalue weighted by Crippen LogP contribution is -2.20. The van der Waals surface area contributed by atoms with Crippen LogP contribution in [0.25, 0.3) is 0 Å². The monoisotopic (exact) mass is 250 g/mol. The second-order valence-corrected chi connectivity index (χ2v) is 5.07. The van der Waals surface area contributed by atoms with Crippen LogP contribution in [0.1, 0.15) is 24.0 Å². The maximum Gasteiger partial charge on any atom is 0.167 e. The second kappa shape index (κ2) is 4.44. The predicted molar refractivity (Wildman–Crippen MR) is 66.0 cm³/mol. The molecule has 0 unspecified atom stereocenters. The lowest BCUT2D eigenvalue weighted by molar-refractivity contribution is 0.139. The van der Waals surface area contributed by atoms with Gasteiger partial charge in [-0.2, -0.15) is 0 Å². The summed E-state index contributed by atoms with van der Waals surface area (Å²) in [5, 5.41) is 10.0. The molecule has 0 bridgehead atoms. The third-order valence-corrected chi connectivity index (χ3v) is 3.50. The van der Waals surface area contributed by atoms with Crippen LogP contribution in [0.15, 0.2) is 12.1 Å². The summed E-state index contributed by atoms with van der Waals surface area (Å²) in [6.45, 7) is 1.64. The molecular formula is C14H18O4. The van der Waals surface area contributed by atoms with Gasteiger partial charge in [0.25, 0.3) is 0 Å². The highest BCUT2D eigenvalue weighted by Crippen LogP contribution is 2.44. The minimum absolute atomic E-state index is 0.510. The van der Waals surface area contributed by atoms with Crippen LogP contribution in [0, 0.1) is 0 Å². The summed E-state index contributed by atoms with van der Waals surface area (Å²) in [5.41, 5.74) is 1.51. The van der Waals surface area contributed by atoms with Crippen molar-refractivity contribution in [3.8, 4) is 11.5 Å². The first-order valence-electron chi connectivity index (χ1n) is 6.33. The molecule has 1 aromatic carbocycles. The molecule has 1 fully saturated rings. The van der Waals surface area contributed by atoms with Crippen molar-refractivity contribution in [2.45, 2.75) is 31.5 Å². The predicted octanol–water partition coefficient (Wildman–Crippen LogP) is 1.67. The maximum absolute atomic E-state index is 10.0. The van der Waals surface area contributed by atoms with E-state index in [-0.39, 0.29) is 0 Å². The zero-order chi connectivity index (χ0) is 12.6. The Hall–Kier alpha value is -1.26. The van der Waals surface area contributed by atoms with E-state index in [2.05, 4.69) is 0 Å². The number of fused-ring (bicyclic) bond motifs is 1. The van der Waals surface area contributed by atoms with E-state index in [1.54, 1.807) is 7.11 Å². The molecule has 0 atom stereocenters. The van der Waals surface area contributed by atoms with Crippen LogP contribution in [0.2, 0.25) is 0 Å². The largest absolute Gasteiger partial charge is 0.486 e. The van der Waals surface area contributed by atoms with Crippen molar-refractivity contribution in [2.75, 3.05) is 20.3 Å². The number of methoxy groups -OCH3 is 1.